The first-order chi connectivity index (χ1) is 15.2. The summed E-state index contributed by atoms with van der Waals surface area (Å²) < 4.78 is 45.4. The molecule has 0 amide bonds. The number of halogens is 3. The van der Waals surface area contributed by atoms with Crippen LogP contribution in [0.4, 0.5) is 19.0 Å². The molecule has 8 nitrogen and oxygen atoms in total. The second-order valence-electron chi connectivity index (χ2n) is 7.05. The number of alkyl halides is 3. The van der Waals surface area contributed by atoms with E-state index in [0.29, 0.717) is 17.9 Å². The zero-order valence-corrected chi connectivity index (χ0v) is 16.9. The van der Waals surface area contributed by atoms with E-state index < -0.39 is 30.5 Å². The molecule has 2 aromatic heterocycles. The normalized spacial score (nSPS) is 12.2. The van der Waals surface area contributed by atoms with Gasteiger partial charge in [0.05, 0.1) is 0 Å². The average Bonchev–Trinajstić information content (AvgIpc) is 3.20. The first-order valence-corrected chi connectivity index (χ1v) is 9.59. The number of nitrogens with zero attached hydrogens (tertiary/aromatic N) is 3. The molecule has 0 aliphatic carbocycles. The molecule has 0 aliphatic heterocycles. The Balaban J connectivity index is 1.56. The van der Waals surface area contributed by atoms with Crippen molar-refractivity contribution >= 4 is 17.8 Å². The minimum Gasteiger partial charge on any atom is -0.386 e. The van der Waals surface area contributed by atoms with E-state index in [-0.39, 0.29) is 12.3 Å². The van der Waals surface area contributed by atoms with E-state index in [1.807, 2.05) is 42.5 Å². The third-order valence-corrected chi connectivity index (χ3v) is 4.27. The van der Waals surface area contributed by atoms with Crippen LogP contribution in [0.3, 0.4) is 0 Å². The zero-order valence-electron chi connectivity index (χ0n) is 16.9. The van der Waals surface area contributed by atoms with Crippen LogP contribution in [0.5, 0.6) is 0 Å². The molecule has 0 saturated carbocycles. The molecular formula is C21H19F3N4O4. The quantitative estimate of drug-likeness (QED) is 0.408. The number of benzene rings is 1. The Morgan fingerprint density at radius 3 is 2.72 bits per heavy atom. The van der Waals surface area contributed by atoms with Crippen molar-refractivity contribution in [3.63, 3.8) is 0 Å². The van der Waals surface area contributed by atoms with Gasteiger partial charge < -0.3 is 14.6 Å². The van der Waals surface area contributed by atoms with Crippen LogP contribution in [0.15, 0.2) is 53.2 Å². The summed E-state index contributed by atoms with van der Waals surface area (Å²) in [7, 11) is 0. The van der Waals surface area contributed by atoms with Gasteiger partial charge in [0.25, 0.3) is 0 Å². The summed E-state index contributed by atoms with van der Waals surface area (Å²) in [6, 6.07) is 13.0. The van der Waals surface area contributed by atoms with E-state index in [0.717, 1.165) is 11.4 Å². The second kappa shape index (κ2) is 10.0. The van der Waals surface area contributed by atoms with Gasteiger partial charge in [-0.15, -0.1) is 0 Å². The molecule has 1 atom stereocenters. The third kappa shape index (κ3) is 6.62. The summed E-state index contributed by atoms with van der Waals surface area (Å²) in [4.78, 5) is 30.7. The summed E-state index contributed by atoms with van der Waals surface area (Å²) in [6.07, 6.45) is -3.81. The number of hydrogen-bond acceptors (Lipinski definition) is 8. The number of rotatable bonds is 8. The highest BCUT2D eigenvalue weighted by Gasteiger charge is 2.42. The maximum Gasteiger partial charge on any atom is 0.491 e. The fourth-order valence-electron chi connectivity index (χ4n) is 2.79. The number of aromatic nitrogens is 3. The van der Waals surface area contributed by atoms with Crippen molar-refractivity contribution in [1.29, 1.82) is 0 Å². The van der Waals surface area contributed by atoms with Crippen LogP contribution in [-0.4, -0.2) is 33.2 Å². The molecule has 0 radical (unpaired) electrons. The predicted molar refractivity (Wildman–Crippen MR) is 106 cm³/mol. The topological polar surface area (TPSA) is 107 Å². The second-order valence-corrected chi connectivity index (χ2v) is 7.05. The number of ether oxygens (including phenoxy) is 1. The van der Waals surface area contributed by atoms with E-state index in [1.165, 1.54) is 0 Å². The first-order valence-electron chi connectivity index (χ1n) is 9.59. The lowest BCUT2D eigenvalue weighted by molar-refractivity contribution is -0.202. The number of hydrogen-bond donors (Lipinski definition) is 1. The van der Waals surface area contributed by atoms with E-state index in [9.17, 15) is 22.8 Å². The van der Waals surface area contributed by atoms with E-state index >= 15 is 0 Å². The van der Waals surface area contributed by atoms with Crippen molar-refractivity contribution in [3.05, 3.63) is 60.1 Å². The summed E-state index contributed by atoms with van der Waals surface area (Å²) in [5.74, 6) is -3.00. The molecule has 1 aromatic carbocycles. The van der Waals surface area contributed by atoms with Crippen LogP contribution in [0.2, 0.25) is 0 Å². The number of carbonyl (C=O) groups is 2. The molecule has 3 rings (SSSR count). The lowest BCUT2D eigenvalue weighted by atomic mass is 10.0. The van der Waals surface area contributed by atoms with Gasteiger partial charge in [-0.2, -0.15) is 18.2 Å². The van der Waals surface area contributed by atoms with E-state index in [4.69, 9.17) is 4.52 Å². The largest absolute Gasteiger partial charge is 0.491 e. The van der Waals surface area contributed by atoms with Gasteiger partial charge in [0.15, 0.2) is 0 Å². The Morgan fingerprint density at radius 1 is 1.19 bits per heavy atom. The summed E-state index contributed by atoms with van der Waals surface area (Å²) in [5.41, 5.74) is 1.67. The van der Waals surface area contributed by atoms with Crippen LogP contribution in [0.1, 0.15) is 24.8 Å². The molecule has 32 heavy (non-hydrogen) atoms. The smallest absolute Gasteiger partial charge is 0.386 e. The van der Waals surface area contributed by atoms with Gasteiger partial charge in [-0.25, -0.2) is 9.78 Å². The van der Waals surface area contributed by atoms with Gasteiger partial charge in [-0.05, 0) is 29.7 Å². The maximum absolute atomic E-state index is 12.2. The molecule has 1 N–H and O–H groups in total. The molecule has 3 aromatic rings. The van der Waals surface area contributed by atoms with Crippen LogP contribution in [0.25, 0.3) is 11.4 Å². The molecule has 168 valence electrons. The van der Waals surface area contributed by atoms with Crippen molar-refractivity contribution in [2.75, 3.05) is 5.32 Å². The van der Waals surface area contributed by atoms with Gasteiger partial charge >= 0.3 is 18.1 Å². The molecule has 0 aliphatic rings. The number of esters is 2. The van der Waals surface area contributed by atoms with Crippen LogP contribution in [-0.2, 0) is 27.3 Å². The first kappa shape index (κ1) is 22.9. The minimum absolute atomic E-state index is 0.128. The SMILES string of the molecule is CC(CC(=O)OC(=O)C(F)(F)F)Cc1nc(-c2cccc(CNc3ccccn3)c2)no1. The molecule has 0 fully saturated rings. The number of carbonyl (C=O) groups excluding carboxylic acids is 2. The standard InChI is InChI=1S/C21H19F3N4O4/c1-13(10-18(29)31-20(30)21(22,23)24)9-17-27-19(28-32-17)15-6-4-5-14(11-15)12-26-16-7-2-3-8-25-16/h2-8,11,13H,9-10,12H2,1H3,(H,25,26). The monoisotopic (exact) mass is 448 g/mol. The Morgan fingerprint density at radius 2 is 2.00 bits per heavy atom. The average molecular weight is 448 g/mol. The molecule has 0 saturated heterocycles. The lowest BCUT2D eigenvalue weighted by Crippen LogP contribution is -2.28. The Bertz CT molecular complexity index is 1070. The summed E-state index contributed by atoms with van der Waals surface area (Å²) >= 11 is 0. The lowest BCUT2D eigenvalue weighted by Gasteiger charge is -2.09. The van der Waals surface area contributed by atoms with Crippen molar-refractivity contribution in [1.82, 2.24) is 15.1 Å². The fourth-order valence-corrected chi connectivity index (χ4v) is 2.79. The van der Waals surface area contributed by atoms with Crippen molar-refractivity contribution in [2.45, 2.75) is 32.5 Å². The van der Waals surface area contributed by atoms with E-state index in [1.54, 1.807) is 13.1 Å². The van der Waals surface area contributed by atoms with Gasteiger partial charge in [0.1, 0.15) is 5.82 Å². The molecular weight excluding hydrogens is 429 g/mol. The van der Waals surface area contributed by atoms with Crippen molar-refractivity contribution in [2.24, 2.45) is 5.92 Å². The molecule has 11 heteroatoms. The highest BCUT2D eigenvalue weighted by atomic mass is 19.4. The summed E-state index contributed by atoms with van der Waals surface area (Å²) in [5, 5.41) is 7.12. The van der Waals surface area contributed by atoms with Gasteiger partial charge in [0, 0.05) is 31.1 Å². The maximum atomic E-state index is 12.2. The number of nitrogens with one attached hydrogen (secondary N) is 1. The van der Waals surface area contributed by atoms with Crippen molar-refractivity contribution in [3.8, 4) is 11.4 Å². The summed E-state index contributed by atoms with van der Waals surface area (Å²) in [6.45, 7) is 2.12. The molecule has 0 bridgehead atoms. The van der Waals surface area contributed by atoms with Crippen molar-refractivity contribution < 1.29 is 32.0 Å². The fraction of sp³-hybridized carbons (Fsp3) is 0.286. The predicted octanol–water partition coefficient (Wildman–Crippen LogP) is 3.94. The van der Waals surface area contributed by atoms with Crippen LogP contribution < -0.4 is 5.32 Å². The van der Waals surface area contributed by atoms with Crippen LogP contribution >= 0.6 is 0 Å². The third-order valence-electron chi connectivity index (χ3n) is 4.27. The number of pyridine rings is 1. The van der Waals surface area contributed by atoms with Gasteiger partial charge in [-0.1, -0.05) is 36.3 Å². The molecule has 2 heterocycles. The molecule has 0 spiro atoms. The Kier molecular flexibility index (Phi) is 7.18. The Hall–Kier alpha value is -3.76. The highest BCUT2D eigenvalue weighted by Crippen LogP contribution is 2.21. The van der Waals surface area contributed by atoms with Crippen LogP contribution in [0, 0.1) is 5.92 Å². The number of anilines is 1. The highest BCUT2D eigenvalue weighted by molar-refractivity contribution is 5.88. The van der Waals surface area contributed by atoms with E-state index in [2.05, 4.69) is 25.2 Å². The van der Waals surface area contributed by atoms with Gasteiger partial charge in [0.2, 0.25) is 11.7 Å². The minimum atomic E-state index is -5.22. The van der Waals surface area contributed by atoms with Gasteiger partial charge in [-0.3, -0.25) is 4.79 Å². The molecule has 1 unspecified atom stereocenters. The Labute approximate surface area is 180 Å². The zero-order chi connectivity index (χ0) is 23.1.